The van der Waals surface area contributed by atoms with Gasteiger partial charge in [-0.1, -0.05) is 36.7 Å². The molecular weight excluding hydrogens is 380 g/mol. The second kappa shape index (κ2) is 10.5. The van der Waals surface area contributed by atoms with Crippen molar-refractivity contribution in [2.75, 3.05) is 11.9 Å². The molecule has 0 bridgehead atoms. The van der Waals surface area contributed by atoms with Crippen LogP contribution in [0.15, 0.2) is 42.5 Å². The Kier molecular flexibility index (Phi) is 8.02. The maximum Gasteiger partial charge on any atom is 0.258 e. The summed E-state index contributed by atoms with van der Waals surface area (Å²) in [6.45, 7) is 3.35. The number of benzene rings is 2. The van der Waals surface area contributed by atoms with Gasteiger partial charge in [0.25, 0.3) is 5.91 Å². The minimum Gasteiger partial charge on any atom is -0.483 e. The van der Waals surface area contributed by atoms with Crippen LogP contribution in [-0.2, 0) is 16.1 Å². The number of carbonyl (C=O) groups is 3. The molecule has 28 heavy (non-hydrogen) atoms. The summed E-state index contributed by atoms with van der Waals surface area (Å²) in [5.74, 6) is -0.397. The van der Waals surface area contributed by atoms with Crippen LogP contribution < -0.4 is 15.4 Å². The molecule has 2 aromatic carbocycles. The monoisotopic (exact) mass is 402 g/mol. The number of rotatable bonds is 9. The molecule has 0 fully saturated rings. The number of hydrogen-bond acceptors (Lipinski definition) is 4. The first-order chi connectivity index (χ1) is 13.4. The van der Waals surface area contributed by atoms with Crippen LogP contribution in [0.1, 0.15) is 42.6 Å². The number of nitrogens with one attached hydrogen (secondary N) is 2. The summed E-state index contributed by atoms with van der Waals surface area (Å²) in [5.41, 5.74) is 1.61. The molecule has 6 nitrogen and oxygen atoms in total. The van der Waals surface area contributed by atoms with Crippen LogP contribution in [-0.4, -0.2) is 24.2 Å². The first-order valence-electron chi connectivity index (χ1n) is 8.98. The smallest absolute Gasteiger partial charge is 0.258 e. The highest BCUT2D eigenvalue weighted by atomic mass is 35.5. The molecule has 0 spiro atoms. The zero-order valence-electron chi connectivity index (χ0n) is 15.9. The molecule has 0 atom stereocenters. The third-order valence-electron chi connectivity index (χ3n) is 3.91. The number of Topliss-reactive ketones (excluding diaryl/α,β-unsaturated/α-hetero) is 1. The van der Waals surface area contributed by atoms with Crippen molar-refractivity contribution in [1.29, 1.82) is 0 Å². The molecule has 2 amide bonds. The zero-order valence-corrected chi connectivity index (χ0v) is 16.6. The highest BCUT2D eigenvalue weighted by Crippen LogP contribution is 2.24. The highest BCUT2D eigenvalue weighted by molar-refractivity contribution is 6.31. The molecule has 2 aromatic rings. The fourth-order valence-corrected chi connectivity index (χ4v) is 2.69. The first kappa shape index (κ1) is 21.4. The van der Waals surface area contributed by atoms with E-state index in [1.54, 1.807) is 24.3 Å². The van der Waals surface area contributed by atoms with E-state index in [2.05, 4.69) is 10.6 Å². The van der Waals surface area contributed by atoms with E-state index in [1.807, 2.05) is 25.1 Å². The van der Waals surface area contributed by atoms with Gasteiger partial charge in [-0.25, -0.2) is 0 Å². The Labute approximate surface area is 169 Å². The van der Waals surface area contributed by atoms with E-state index in [0.717, 1.165) is 12.0 Å². The number of anilines is 1. The van der Waals surface area contributed by atoms with Crippen LogP contribution in [0.3, 0.4) is 0 Å². The van der Waals surface area contributed by atoms with Gasteiger partial charge in [0.05, 0.1) is 5.56 Å². The van der Waals surface area contributed by atoms with Crippen molar-refractivity contribution in [2.45, 2.75) is 33.2 Å². The molecule has 0 aromatic heterocycles. The summed E-state index contributed by atoms with van der Waals surface area (Å²) in [5, 5.41) is 6.03. The molecule has 0 heterocycles. The van der Waals surface area contributed by atoms with Crippen molar-refractivity contribution in [2.24, 2.45) is 0 Å². The molecule has 7 heteroatoms. The van der Waals surface area contributed by atoms with Gasteiger partial charge in [-0.3, -0.25) is 14.4 Å². The molecule has 0 aliphatic heterocycles. The van der Waals surface area contributed by atoms with Gasteiger partial charge in [0, 0.05) is 23.7 Å². The minimum absolute atomic E-state index is 0.121. The zero-order chi connectivity index (χ0) is 20.5. The fourth-order valence-electron chi connectivity index (χ4n) is 2.49. The van der Waals surface area contributed by atoms with Crippen LogP contribution in [0.25, 0.3) is 0 Å². The summed E-state index contributed by atoms with van der Waals surface area (Å²) in [4.78, 5) is 35.7. The number of carbonyl (C=O) groups excluding carboxylic acids is 3. The summed E-state index contributed by atoms with van der Waals surface area (Å²) in [6, 6.07) is 12.0. The molecule has 148 valence electrons. The van der Waals surface area contributed by atoms with E-state index >= 15 is 0 Å². The van der Waals surface area contributed by atoms with Gasteiger partial charge in [0.2, 0.25) is 5.91 Å². The van der Waals surface area contributed by atoms with Crippen LogP contribution in [0.4, 0.5) is 5.69 Å². The fraction of sp³-hybridized carbons (Fsp3) is 0.286. The predicted octanol–water partition coefficient (Wildman–Crippen LogP) is 3.98. The van der Waals surface area contributed by atoms with E-state index in [4.69, 9.17) is 16.3 Å². The number of hydrogen-bond donors (Lipinski definition) is 2. The number of amides is 2. The first-order valence-corrected chi connectivity index (χ1v) is 9.36. The quantitative estimate of drug-likeness (QED) is 0.621. The lowest BCUT2D eigenvalue weighted by atomic mass is 10.1. The summed E-state index contributed by atoms with van der Waals surface area (Å²) in [6.07, 6.45) is 1.13. The lowest BCUT2D eigenvalue weighted by molar-refractivity contribution is -0.123. The molecule has 2 rings (SSSR count). The van der Waals surface area contributed by atoms with Gasteiger partial charge in [0.1, 0.15) is 5.75 Å². The van der Waals surface area contributed by atoms with Gasteiger partial charge >= 0.3 is 0 Å². The SMILES string of the molecule is CCCC(=O)Nc1ccc(OCC(=O)NCc2ccccc2Cl)c(C(C)=O)c1. The Hall–Kier alpha value is -2.86. The lowest BCUT2D eigenvalue weighted by Crippen LogP contribution is -2.28. The van der Waals surface area contributed by atoms with Crippen molar-refractivity contribution >= 4 is 34.9 Å². The molecule has 0 aliphatic carbocycles. The number of ketones is 1. The van der Waals surface area contributed by atoms with Gasteiger partial charge in [-0.2, -0.15) is 0 Å². The minimum atomic E-state index is -0.338. The third kappa shape index (κ3) is 6.39. The maximum atomic E-state index is 12.0. The van der Waals surface area contributed by atoms with E-state index in [1.165, 1.54) is 6.92 Å². The highest BCUT2D eigenvalue weighted by Gasteiger charge is 2.13. The summed E-state index contributed by atoms with van der Waals surface area (Å²) in [7, 11) is 0. The van der Waals surface area contributed by atoms with E-state index < -0.39 is 0 Å². The second-order valence-electron chi connectivity index (χ2n) is 6.22. The average molecular weight is 403 g/mol. The standard InChI is InChI=1S/C21H23ClN2O4/c1-3-6-20(26)24-16-9-10-19(17(11-16)14(2)25)28-13-21(27)23-12-15-7-4-5-8-18(15)22/h4-5,7-11H,3,6,12-13H2,1-2H3,(H,23,27)(H,24,26). The van der Waals surface area contributed by atoms with Crippen LogP contribution in [0.2, 0.25) is 5.02 Å². The van der Waals surface area contributed by atoms with Gasteiger partial charge in [-0.05, 0) is 43.2 Å². The predicted molar refractivity (Wildman–Crippen MR) is 109 cm³/mol. The van der Waals surface area contributed by atoms with Crippen molar-refractivity contribution in [1.82, 2.24) is 5.32 Å². The molecular formula is C21H23ClN2O4. The number of halogens is 1. The van der Waals surface area contributed by atoms with E-state index in [-0.39, 0.29) is 36.5 Å². The third-order valence-corrected chi connectivity index (χ3v) is 4.28. The maximum absolute atomic E-state index is 12.0. The van der Waals surface area contributed by atoms with Gasteiger partial charge in [-0.15, -0.1) is 0 Å². The van der Waals surface area contributed by atoms with Crippen LogP contribution >= 0.6 is 11.6 Å². The largest absolute Gasteiger partial charge is 0.483 e. The second-order valence-corrected chi connectivity index (χ2v) is 6.63. The normalized spacial score (nSPS) is 10.2. The molecule has 0 saturated carbocycles. The van der Waals surface area contributed by atoms with Crippen molar-refractivity contribution in [3.8, 4) is 5.75 Å². The Morgan fingerprint density at radius 2 is 1.82 bits per heavy atom. The Bertz CT molecular complexity index is 867. The van der Waals surface area contributed by atoms with Crippen LogP contribution in [0.5, 0.6) is 5.75 Å². The number of ether oxygens (including phenoxy) is 1. The molecule has 2 N–H and O–H groups in total. The molecule has 0 saturated heterocycles. The van der Waals surface area contributed by atoms with Gasteiger partial charge in [0.15, 0.2) is 12.4 Å². The van der Waals surface area contributed by atoms with Crippen molar-refractivity contribution in [3.05, 3.63) is 58.6 Å². The van der Waals surface area contributed by atoms with Crippen molar-refractivity contribution < 1.29 is 19.1 Å². The lowest BCUT2D eigenvalue weighted by Gasteiger charge is -2.12. The Morgan fingerprint density at radius 3 is 2.50 bits per heavy atom. The molecule has 0 radical (unpaired) electrons. The van der Waals surface area contributed by atoms with Crippen LogP contribution in [0, 0.1) is 0 Å². The molecule has 0 unspecified atom stereocenters. The summed E-state index contributed by atoms with van der Waals surface area (Å²) >= 11 is 6.06. The Morgan fingerprint density at radius 1 is 1.07 bits per heavy atom. The van der Waals surface area contributed by atoms with E-state index in [9.17, 15) is 14.4 Å². The van der Waals surface area contributed by atoms with Gasteiger partial charge < -0.3 is 15.4 Å². The average Bonchev–Trinajstić information content (AvgIpc) is 2.66. The summed E-state index contributed by atoms with van der Waals surface area (Å²) < 4.78 is 5.51. The Balaban J connectivity index is 1.96. The van der Waals surface area contributed by atoms with Crippen molar-refractivity contribution in [3.63, 3.8) is 0 Å². The topological polar surface area (TPSA) is 84.5 Å². The van der Waals surface area contributed by atoms with E-state index in [0.29, 0.717) is 22.7 Å². The molecule has 0 aliphatic rings.